The molecule has 0 radical (unpaired) electrons. The molecule has 0 fully saturated rings. The summed E-state index contributed by atoms with van der Waals surface area (Å²) in [4.78, 5) is 28.5. The zero-order valence-electron chi connectivity index (χ0n) is 10.7. The van der Waals surface area contributed by atoms with Gasteiger partial charge in [0.25, 0.3) is 5.91 Å². The van der Waals surface area contributed by atoms with Crippen LogP contribution in [0, 0.1) is 5.92 Å². The van der Waals surface area contributed by atoms with E-state index in [1.165, 1.54) is 23.4 Å². The number of rotatable bonds is 4. The predicted molar refractivity (Wildman–Crippen MR) is 66.1 cm³/mol. The molecule has 1 atom stereocenters. The molecular formula is C12H17N3O3. The summed E-state index contributed by atoms with van der Waals surface area (Å²) in [5.41, 5.74) is 0.293. The van der Waals surface area contributed by atoms with Gasteiger partial charge in [0.05, 0.1) is 17.7 Å². The lowest BCUT2D eigenvalue weighted by Crippen LogP contribution is -2.37. The number of nitrogens with zero attached hydrogens (tertiary/aromatic N) is 2. The highest BCUT2D eigenvalue weighted by Crippen LogP contribution is 2.11. The van der Waals surface area contributed by atoms with Gasteiger partial charge in [0.15, 0.2) is 0 Å². The SMILES string of the molecule is CNC(=O)C(C)CN(C)C(=O)c1cncc(O)c1. The van der Waals surface area contributed by atoms with Gasteiger partial charge in [-0.05, 0) is 6.07 Å². The molecular weight excluding hydrogens is 234 g/mol. The minimum atomic E-state index is -0.297. The van der Waals surface area contributed by atoms with Crippen LogP contribution >= 0.6 is 0 Å². The first-order valence-corrected chi connectivity index (χ1v) is 5.56. The van der Waals surface area contributed by atoms with Crippen LogP contribution in [0.2, 0.25) is 0 Å². The Labute approximate surface area is 106 Å². The maximum Gasteiger partial charge on any atom is 0.255 e. The van der Waals surface area contributed by atoms with Crippen LogP contribution in [-0.2, 0) is 4.79 Å². The molecule has 1 aromatic rings. The number of hydrogen-bond donors (Lipinski definition) is 2. The number of pyridine rings is 1. The van der Waals surface area contributed by atoms with E-state index in [-0.39, 0.29) is 23.5 Å². The molecule has 2 N–H and O–H groups in total. The summed E-state index contributed by atoms with van der Waals surface area (Å²) in [5.74, 6) is -0.763. The monoisotopic (exact) mass is 251 g/mol. The van der Waals surface area contributed by atoms with E-state index in [9.17, 15) is 14.7 Å². The molecule has 0 aromatic carbocycles. The standard InChI is InChI=1S/C12H17N3O3/c1-8(11(17)13-2)7-15(3)12(18)9-4-10(16)6-14-5-9/h4-6,8,16H,7H2,1-3H3,(H,13,17). The molecule has 18 heavy (non-hydrogen) atoms. The predicted octanol–water partition coefficient (Wildman–Crippen LogP) is 0.241. The first-order chi connectivity index (χ1) is 8.45. The molecule has 6 heteroatoms. The van der Waals surface area contributed by atoms with E-state index in [1.54, 1.807) is 21.0 Å². The second-order valence-electron chi connectivity index (χ2n) is 4.13. The van der Waals surface area contributed by atoms with Crippen LogP contribution in [0.25, 0.3) is 0 Å². The van der Waals surface area contributed by atoms with Crippen molar-refractivity contribution in [1.29, 1.82) is 0 Å². The fourth-order valence-electron chi connectivity index (χ4n) is 1.59. The number of nitrogens with one attached hydrogen (secondary N) is 1. The summed E-state index contributed by atoms with van der Waals surface area (Å²) in [6, 6.07) is 1.34. The van der Waals surface area contributed by atoms with E-state index in [0.29, 0.717) is 12.1 Å². The Kier molecular flexibility index (Phi) is 4.65. The molecule has 1 aromatic heterocycles. The molecule has 0 saturated heterocycles. The normalized spacial score (nSPS) is 11.7. The van der Waals surface area contributed by atoms with Crippen molar-refractivity contribution in [1.82, 2.24) is 15.2 Å². The van der Waals surface area contributed by atoms with E-state index >= 15 is 0 Å². The molecule has 1 unspecified atom stereocenters. The van der Waals surface area contributed by atoms with E-state index < -0.39 is 0 Å². The van der Waals surface area contributed by atoms with Gasteiger partial charge in [-0.15, -0.1) is 0 Å². The van der Waals surface area contributed by atoms with Gasteiger partial charge >= 0.3 is 0 Å². The van der Waals surface area contributed by atoms with Crippen molar-refractivity contribution < 1.29 is 14.7 Å². The topological polar surface area (TPSA) is 82.5 Å². The first-order valence-electron chi connectivity index (χ1n) is 5.56. The Bertz CT molecular complexity index is 448. The zero-order valence-corrected chi connectivity index (χ0v) is 10.7. The lowest BCUT2D eigenvalue weighted by Gasteiger charge is -2.20. The number of amides is 2. The lowest BCUT2D eigenvalue weighted by atomic mass is 10.1. The molecule has 6 nitrogen and oxygen atoms in total. The summed E-state index contributed by atoms with van der Waals surface area (Å²) in [6.45, 7) is 2.04. The quantitative estimate of drug-likeness (QED) is 0.803. The number of aromatic nitrogens is 1. The van der Waals surface area contributed by atoms with Crippen molar-refractivity contribution in [3.63, 3.8) is 0 Å². The van der Waals surface area contributed by atoms with Crippen LogP contribution in [-0.4, -0.2) is 47.4 Å². The van der Waals surface area contributed by atoms with Gasteiger partial charge in [-0.25, -0.2) is 0 Å². The van der Waals surface area contributed by atoms with Crippen molar-refractivity contribution >= 4 is 11.8 Å². The van der Waals surface area contributed by atoms with Crippen molar-refractivity contribution in [3.05, 3.63) is 24.0 Å². The maximum atomic E-state index is 12.0. The summed E-state index contributed by atoms with van der Waals surface area (Å²) >= 11 is 0. The minimum absolute atomic E-state index is 0.0615. The second-order valence-corrected chi connectivity index (χ2v) is 4.13. The smallest absolute Gasteiger partial charge is 0.255 e. The second kappa shape index (κ2) is 6.00. The third-order valence-electron chi connectivity index (χ3n) is 2.56. The Hall–Kier alpha value is -2.11. The molecule has 0 aliphatic rings. The van der Waals surface area contributed by atoms with Crippen molar-refractivity contribution in [2.24, 2.45) is 5.92 Å². The maximum absolute atomic E-state index is 12.0. The molecule has 1 heterocycles. The highest BCUT2D eigenvalue weighted by molar-refractivity contribution is 5.94. The molecule has 0 bridgehead atoms. The van der Waals surface area contributed by atoms with E-state index in [1.807, 2.05) is 0 Å². The Morgan fingerprint density at radius 1 is 1.50 bits per heavy atom. The van der Waals surface area contributed by atoms with Gasteiger partial charge in [0.2, 0.25) is 5.91 Å². The highest BCUT2D eigenvalue weighted by atomic mass is 16.3. The fourth-order valence-corrected chi connectivity index (χ4v) is 1.59. The number of carbonyl (C=O) groups is 2. The summed E-state index contributed by atoms with van der Waals surface area (Å²) in [5, 5.41) is 11.8. The minimum Gasteiger partial charge on any atom is -0.506 e. The van der Waals surface area contributed by atoms with E-state index in [4.69, 9.17) is 0 Å². The summed E-state index contributed by atoms with van der Waals surface area (Å²) < 4.78 is 0. The summed E-state index contributed by atoms with van der Waals surface area (Å²) in [6.07, 6.45) is 2.63. The van der Waals surface area contributed by atoms with Gasteiger partial charge in [0.1, 0.15) is 5.75 Å². The molecule has 0 spiro atoms. The Morgan fingerprint density at radius 2 is 2.17 bits per heavy atom. The highest BCUT2D eigenvalue weighted by Gasteiger charge is 2.18. The fraction of sp³-hybridized carbons (Fsp3) is 0.417. The zero-order chi connectivity index (χ0) is 13.7. The van der Waals surface area contributed by atoms with Gasteiger partial charge in [0, 0.05) is 26.8 Å². The Morgan fingerprint density at radius 3 is 2.72 bits per heavy atom. The average Bonchev–Trinajstić information content (AvgIpc) is 2.36. The number of aromatic hydroxyl groups is 1. The number of hydrogen-bond acceptors (Lipinski definition) is 4. The van der Waals surface area contributed by atoms with E-state index in [2.05, 4.69) is 10.3 Å². The van der Waals surface area contributed by atoms with Gasteiger partial charge in [-0.3, -0.25) is 14.6 Å². The molecule has 98 valence electrons. The average molecular weight is 251 g/mol. The Balaban J connectivity index is 2.70. The number of carbonyl (C=O) groups excluding carboxylic acids is 2. The molecule has 1 rings (SSSR count). The molecule has 2 amide bonds. The first kappa shape index (κ1) is 14.0. The lowest BCUT2D eigenvalue weighted by molar-refractivity contribution is -0.124. The van der Waals surface area contributed by atoms with Crippen molar-refractivity contribution in [2.75, 3.05) is 20.6 Å². The molecule has 0 saturated carbocycles. The van der Waals surface area contributed by atoms with Crippen molar-refractivity contribution in [3.8, 4) is 5.75 Å². The third kappa shape index (κ3) is 3.44. The van der Waals surface area contributed by atoms with Crippen LogP contribution in [0.3, 0.4) is 0 Å². The van der Waals surface area contributed by atoms with Gasteiger partial charge in [-0.1, -0.05) is 6.92 Å². The van der Waals surface area contributed by atoms with Gasteiger partial charge in [-0.2, -0.15) is 0 Å². The largest absolute Gasteiger partial charge is 0.506 e. The molecule has 0 aliphatic carbocycles. The van der Waals surface area contributed by atoms with Crippen LogP contribution in [0.15, 0.2) is 18.5 Å². The molecule has 0 aliphatic heterocycles. The van der Waals surface area contributed by atoms with Crippen LogP contribution in [0.1, 0.15) is 17.3 Å². The van der Waals surface area contributed by atoms with E-state index in [0.717, 1.165) is 0 Å². The van der Waals surface area contributed by atoms with Crippen LogP contribution in [0.5, 0.6) is 5.75 Å². The van der Waals surface area contributed by atoms with Crippen molar-refractivity contribution in [2.45, 2.75) is 6.92 Å². The van der Waals surface area contributed by atoms with Crippen LogP contribution < -0.4 is 5.32 Å². The van der Waals surface area contributed by atoms with Crippen LogP contribution in [0.4, 0.5) is 0 Å². The third-order valence-corrected chi connectivity index (χ3v) is 2.56. The van der Waals surface area contributed by atoms with Gasteiger partial charge < -0.3 is 15.3 Å². The summed E-state index contributed by atoms with van der Waals surface area (Å²) in [7, 11) is 3.16.